The molecule has 44 heavy (non-hydrogen) atoms. The molecule has 2 unspecified atom stereocenters. The smallest absolute Gasteiger partial charge is 0.316 e. The molecular formula is C35H52O9. The minimum absolute atomic E-state index is 0.0687. The fourth-order valence-electron chi connectivity index (χ4n) is 7.86. The van der Waals surface area contributed by atoms with Gasteiger partial charge in [0.1, 0.15) is 29.8 Å². The van der Waals surface area contributed by atoms with Gasteiger partial charge in [0.2, 0.25) is 0 Å². The highest BCUT2D eigenvalue weighted by Gasteiger charge is 2.60. The monoisotopic (exact) mass is 616 g/mol. The van der Waals surface area contributed by atoms with Crippen LogP contribution in [0.15, 0.2) is 47.1 Å². The van der Waals surface area contributed by atoms with Gasteiger partial charge in [0.15, 0.2) is 5.79 Å². The molecule has 246 valence electrons. The number of esters is 1. The van der Waals surface area contributed by atoms with Crippen molar-refractivity contribution in [2.45, 2.75) is 128 Å². The number of ether oxygens (including phenoxy) is 5. The number of aliphatic hydroxyl groups excluding tert-OH is 2. The van der Waals surface area contributed by atoms with E-state index in [1.54, 1.807) is 19.3 Å². The van der Waals surface area contributed by atoms with E-state index in [4.69, 9.17) is 23.7 Å². The van der Waals surface area contributed by atoms with Crippen LogP contribution < -0.4 is 0 Å². The van der Waals surface area contributed by atoms with Gasteiger partial charge in [-0.25, -0.2) is 0 Å². The average Bonchev–Trinajstić information content (AvgIpc) is 3.32. The molecular weight excluding hydrogens is 564 g/mol. The molecule has 4 aliphatic heterocycles. The van der Waals surface area contributed by atoms with Crippen LogP contribution in [0.4, 0.5) is 0 Å². The zero-order valence-electron chi connectivity index (χ0n) is 27.3. The van der Waals surface area contributed by atoms with E-state index in [1.807, 2.05) is 45.9 Å². The third-order valence-electron chi connectivity index (χ3n) is 10.8. The molecule has 0 saturated carbocycles. The summed E-state index contributed by atoms with van der Waals surface area (Å²) < 4.78 is 31.5. The average molecular weight is 617 g/mol. The Balaban J connectivity index is 1.55. The van der Waals surface area contributed by atoms with Crippen molar-refractivity contribution >= 4 is 5.97 Å². The SMILES string of the molecule is CCC(C)[C@H]1O[C@@]2(C[C@@H]3C[C@@H](C/C=C(\C)[C@@H](O)[C@@H](C)/C=C/C=C4\CO[C@@H]5[C@H](OC)C(C)=CC(C(=O)O3)[C@]45O)O2)C[C@H](O)[C@@H]1C. The van der Waals surface area contributed by atoms with Gasteiger partial charge in [-0.15, -0.1) is 0 Å². The van der Waals surface area contributed by atoms with Gasteiger partial charge in [0.05, 0.1) is 31.0 Å². The van der Waals surface area contributed by atoms with Gasteiger partial charge in [-0.1, -0.05) is 64.5 Å². The minimum Gasteiger partial charge on any atom is -0.462 e. The van der Waals surface area contributed by atoms with Gasteiger partial charge in [0.25, 0.3) is 0 Å². The molecule has 9 nitrogen and oxygen atoms in total. The summed E-state index contributed by atoms with van der Waals surface area (Å²) in [5.74, 6) is -2.76. The van der Waals surface area contributed by atoms with Crippen LogP contribution in [-0.2, 0) is 28.5 Å². The normalized spacial score (nSPS) is 48.7. The van der Waals surface area contributed by atoms with E-state index < -0.39 is 53.8 Å². The zero-order valence-corrected chi connectivity index (χ0v) is 27.3. The van der Waals surface area contributed by atoms with Crippen LogP contribution in [0.1, 0.15) is 73.6 Å². The molecule has 4 heterocycles. The Morgan fingerprint density at radius 2 is 1.86 bits per heavy atom. The lowest BCUT2D eigenvalue weighted by atomic mass is 9.70. The lowest BCUT2D eigenvalue weighted by molar-refractivity contribution is -0.354. The number of allylic oxidation sites excluding steroid dienone is 2. The first-order chi connectivity index (χ1) is 20.8. The van der Waals surface area contributed by atoms with Crippen molar-refractivity contribution in [2.75, 3.05) is 13.7 Å². The highest BCUT2D eigenvalue weighted by Crippen LogP contribution is 2.48. The first-order valence-corrected chi connectivity index (χ1v) is 16.3. The second kappa shape index (κ2) is 13.1. The topological polar surface area (TPSA) is 124 Å². The maximum atomic E-state index is 14.1. The van der Waals surface area contributed by atoms with Crippen LogP contribution in [0.2, 0.25) is 0 Å². The number of fused-ring (bicyclic) bond motifs is 2. The van der Waals surface area contributed by atoms with Crippen molar-refractivity contribution in [3.8, 4) is 0 Å². The van der Waals surface area contributed by atoms with E-state index in [-0.39, 0.29) is 49.4 Å². The van der Waals surface area contributed by atoms with Crippen molar-refractivity contribution < 1.29 is 43.8 Å². The molecule has 13 atom stereocenters. The Labute approximate surface area is 261 Å². The summed E-state index contributed by atoms with van der Waals surface area (Å²) >= 11 is 0. The summed E-state index contributed by atoms with van der Waals surface area (Å²) in [5.41, 5.74) is 0.483. The largest absolute Gasteiger partial charge is 0.462 e. The minimum atomic E-state index is -1.67. The predicted molar refractivity (Wildman–Crippen MR) is 164 cm³/mol. The summed E-state index contributed by atoms with van der Waals surface area (Å²) in [6.45, 7) is 12.1. The van der Waals surface area contributed by atoms with Crippen LogP contribution in [0.3, 0.4) is 0 Å². The van der Waals surface area contributed by atoms with E-state index in [9.17, 15) is 20.1 Å². The first-order valence-electron chi connectivity index (χ1n) is 16.3. The van der Waals surface area contributed by atoms with Crippen LogP contribution in [0, 0.1) is 23.7 Å². The molecule has 5 aliphatic rings. The number of rotatable bonds is 3. The molecule has 3 N–H and O–H groups in total. The number of hydrogen-bond acceptors (Lipinski definition) is 9. The van der Waals surface area contributed by atoms with E-state index in [1.165, 1.54) is 0 Å². The van der Waals surface area contributed by atoms with Crippen LogP contribution in [0.25, 0.3) is 0 Å². The van der Waals surface area contributed by atoms with E-state index in [2.05, 4.69) is 13.8 Å². The van der Waals surface area contributed by atoms with Gasteiger partial charge in [-0.2, -0.15) is 0 Å². The van der Waals surface area contributed by atoms with Crippen LogP contribution >= 0.6 is 0 Å². The van der Waals surface area contributed by atoms with E-state index >= 15 is 0 Å². The summed E-state index contributed by atoms with van der Waals surface area (Å²) in [5, 5.41) is 34.6. The van der Waals surface area contributed by atoms with Gasteiger partial charge < -0.3 is 39.0 Å². The maximum Gasteiger partial charge on any atom is 0.316 e. The van der Waals surface area contributed by atoms with Gasteiger partial charge >= 0.3 is 5.97 Å². The molecule has 3 saturated heterocycles. The molecule has 2 bridgehead atoms. The van der Waals surface area contributed by atoms with Gasteiger partial charge in [-0.05, 0) is 42.9 Å². The molecule has 0 aromatic rings. The lowest BCUT2D eigenvalue weighted by Gasteiger charge is -2.52. The molecule has 3 fully saturated rings. The zero-order chi connectivity index (χ0) is 32.0. The molecule has 5 rings (SSSR count). The molecule has 0 aromatic carbocycles. The van der Waals surface area contributed by atoms with Crippen LogP contribution in [-0.4, -0.2) is 89.1 Å². The van der Waals surface area contributed by atoms with Gasteiger partial charge in [-0.3, -0.25) is 4.79 Å². The Bertz CT molecular complexity index is 1190. The third kappa shape index (κ3) is 6.14. The molecule has 0 amide bonds. The maximum absolute atomic E-state index is 14.1. The summed E-state index contributed by atoms with van der Waals surface area (Å²) in [7, 11) is 1.57. The van der Waals surface area contributed by atoms with Crippen LogP contribution in [0.5, 0.6) is 0 Å². The quantitative estimate of drug-likeness (QED) is 0.317. The van der Waals surface area contributed by atoms with Crippen molar-refractivity contribution in [1.82, 2.24) is 0 Å². The summed E-state index contributed by atoms with van der Waals surface area (Å²) in [4.78, 5) is 14.1. The third-order valence-corrected chi connectivity index (χ3v) is 10.8. The lowest BCUT2D eigenvalue weighted by Crippen LogP contribution is -2.60. The molecule has 1 aliphatic carbocycles. The fourth-order valence-corrected chi connectivity index (χ4v) is 7.86. The highest BCUT2D eigenvalue weighted by molar-refractivity contribution is 5.78. The Morgan fingerprint density at radius 1 is 1.11 bits per heavy atom. The van der Waals surface area contributed by atoms with E-state index in [0.717, 1.165) is 17.6 Å². The number of hydrogen-bond donors (Lipinski definition) is 3. The Hall–Kier alpha value is -1.85. The van der Waals surface area contributed by atoms with E-state index in [0.29, 0.717) is 18.4 Å². The van der Waals surface area contributed by atoms with Crippen molar-refractivity contribution in [2.24, 2.45) is 23.7 Å². The van der Waals surface area contributed by atoms with Crippen molar-refractivity contribution in [3.63, 3.8) is 0 Å². The first kappa shape index (κ1) is 33.5. The van der Waals surface area contributed by atoms with Gasteiger partial charge in [0, 0.05) is 38.2 Å². The Morgan fingerprint density at radius 3 is 2.57 bits per heavy atom. The second-order valence-electron chi connectivity index (χ2n) is 13.9. The standard InChI is InChI=1S/C35H52O9/c1-8-19(2)30-23(6)28(36)17-34(44-30)16-26-15-25(43-34)13-12-21(4)29(37)20(3)10-9-11-24-18-41-32-31(40-7)22(5)14-27(33(38)42-26)35(24,32)39/h9-12,14,19-20,23,25-32,36-37,39H,8,13,15-18H2,1-7H3/b10-9+,21-12+,24-11+/t19?,20-,23-,25+,26-,27?,28-,29-,30+,31+,32+,34-,35+/m0/s1. The molecule has 9 heteroatoms. The van der Waals surface area contributed by atoms with Crippen molar-refractivity contribution in [3.05, 3.63) is 47.1 Å². The highest BCUT2D eigenvalue weighted by atomic mass is 16.7. The molecule has 0 radical (unpaired) electrons. The summed E-state index contributed by atoms with van der Waals surface area (Å²) in [6.07, 6.45) is 7.72. The molecule has 1 spiro atoms. The number of methoxy groups -OCH3 is 1. The Kier molecular flexibility index (Phi) is 9.98. The number of aliphatic hydroxyl groups is 3. The second-order valence-corrected chi connectivity index (χ2v) is 13.9. The summed E-state index contributed by atoms with van der Waals surface area (Å²) in [6, 6.07) is 0. The number of carbonyl (C=O) groups excluding carboxylic acids is 1. The van der Waals surface area contributed by atoms with Crippen molar-refractivity contribution in [1.29, 1.82) is 0 Å². The molecule has 0 aromatic heterocycles. The number of carbonyl (C=O) groups is 1. The fraction of sp³-hybridized carbons (Fsp3) is 0.743. The predicted octanol–water partition coefficient (Wildman–Crippen LogP) is 4.16.